The third kappa shape index (κ3) is 6.08. The largest absolute Gasteiger partial charge is 0.352 e. The van der Waals surface area contributed by atoms with Crippen LogP contribution >= 0.6 is 0 Å². The van der Waals surface area contributed by atoms with Gasteiger partial charge >= 0.3 is 6.03 Å². The number of benzene rings is 2. The SMILES string of the molecule is O=C(CC[C@@H]1CCCN(C(=O)Nc2ccccc2)C1)NCc1cccc(F)c1. The molecule has 1 heterocycles. The van der Waals surface area contributed by atoms with E-state index in [4.69, 9.17) is 0 Å². The zero-order chi connectivity index (χ0) is 19.8. The molecule has 0 radical (unpaired) electrons. The fourth-order valence-electron chi connectivity index (χ4n) is 3.48. The number of rotatable bonds is 6. The number of piperidine rings is 1. The first-order valence-corrected chi connectivity index (χ1v) is 9.72. The van der Waals surface area contributed by atoms with Crippen LogP contribution in [0, 0.1) is 11.7 Å². The predicted molar refractivity (Wildman–Crippen MR) is 107 cm³/mol. The van der Waals surface area contributed by atoms with Gasteiger partial charge in [-0.25, -0.2) is 9.18 Å². The van der Waals surface area contributed by atoms with Crippen molar-refractivity contribution in [1.82, 2.24) is 10.2 Å². The van der Waals surface area contributed by atoms with E-state index in [0.717, 1.165) is 37.1 Å². The number of halogens is 1. The second kappa shape index (κ2) is 9.88. The van der Waals surface area contributed by atoms with Crippen molar-refractivity contribution in [3.8, 4) is 0 Å². The molecule has 28 heavy (non-hydrogen) atoms. The van der Waals surface area contributed by atoms with Gasteiger partial charge in [0.05, 0.1) is 0 Å². The minimum atomic E-state index is -0.303. The first-order valence-electron chi connectivity index (χ1n) is 9.72. The van der Waals surface area contributed by atoms with Gasteiger partial charge < -0.3 is 15.5 Å². The van der Waals surface area contributed by atoms with Crippen molar-refractivity contribution in [1.29, 1.82) is 0 Å². The van der Waals surface area contributed by atoms with Crippen LogP contribution < -0.4 is 10.6 Å². The van der Waals surface area contributed by atoms with Crippen LogP contribution in [0.15, 0.2) is 54.6 Å². The fourth-order valence-corrected chi connectivity index (χ4v) is 3.48. The van der Waals surface area contributed by atoms with Gasteiger partial charge in [-0.3, -0.25) is 4.79 Å². The van der Waals surface area contributed by atoms with Crippen LogP contribution in [0.5, 0.6) is 0 Å². The first kappa shape index (κ1) is 19.9. The van der Waals surface area contributed by atoms with Crippen LogP contribution in [0.1, 0.15) is 31.2 Å². The molecule has 0 aliphatic carbocycles. The van der Waals surface area contributed by atoms with Crippen molar-refractivity contribution in [2.45, 2.75) is 32.2 Å². The molecule has 2 N–H and O–H groups in total. The topological polar surface area (TPSA) is 61.4 Å². The smallest absolute Gasteiger partial charge is 0.321 e. The van der Waals surface area contributed by atoms with E-state index in [2.05, 4.69) is 10.6 Å². The molecule has 3 amide bonds. The van der Waals surface area contributed by atoms with Crippen molar-refractivity contribution in [3.63, 3.8) is 0 Å². The number of para-hydroxylation sites is 1. The lowest BCUT2D eigenvalue weighted by molar-refractivity contribution is -0.121. The maximum Gasteiger partial charge on any atom is 0.321 e. The third-order valence-electron chi connectivity index (χ3n) is 4.99. The predicted octanol–water partition coefficient (Wildman–Crippen LogP) is 4.17. The van der Waals surface area contributed by atoms with Crippen LogP contribution in [0.3, 0.4) is 0 Å². The Balaban J connectivity index is 1.40. The van der Waals surface area contributed by atoms with Crippen LogP contribution in [0.2, 0.25) is 0 Å². The molecule has 2 aromatic rings. The summed E-state index contributed by atoms with van der Waals surface area (Å²) in [6.07, 6.45) is 3.11. The number of anilines is 1. The highest BCUT2D eigenvalue weighted by Gasteiger charge is 2.24. The minimum Gasteiger partial charge on any atom is -0.352 e. The number of amides is 3. The summed E-state index contributed by atoms with van der Waals surface area (Å²) in [5, 5.41) is 5.75. The summed E-state index contributed by atoms with van der Waals surface area (Å²) < 4.78 is 13.2. The van der Waals surface area contributed by atoms with Crippen LogP contribution in [-0.4, -0.2) is 29.9 Å². The Kier molecular flexibility index (Phi) is 7.00. The van der Waals surface area contributed by atoms with Gasteiger partial charge in [-0.1, -0.05) is 30.3 Å². The molecular weight excluding hydrogens is 357 g/mol. The van der Waals surface area contributed by atoms with Gasteiger partial charge in [-0.05, 0) is 55.0 Å². The average molecular weight is 383 g/mol. The molecule has 5 nitrogen and oxygen atoms in total. The minimum absolute atomic E-state index is 0.0462. The van der Waals surface area contributed by atoms with E-state index in [-0.39, 0.29) is 17.8 Å². The maximum atomic E-state index is 13.2. The van der Waals surface area contributed by atoms with Crippen molar-refractivity contribution in [2.24, 2.45) is 5.92 Å². The van der Waals surface area contributed by atoms with Gasteiger partial charge in [0, 0.05) is 31.7 Å². The third-order valence-corrected chi connectivity index (χ3v) is 4.99. The normalized spacial score (nSPS) is 16.5. The second-order valence-electron chi connectivity index (χ2n) is 7.20. The quantitative estimate of drug-likeness (QED) is 0.787. The lowest BCUT2D eigenvalue weighted by Gasteiger charge is -2.32. The molecule has 0 spiro atoms. The van der Waals surface area contributed by atoms with Crippen molar-refractivity contribution < 1.29 is 14.0 Å². The summed E-state index contributed by atoms with van der Waals surface area (Å²) in [7, 11) is 0. The molecule has 1 atom stereocenters. The Hall–Kier alpha value is -2.89. The molecule has 148 valence electrons. The Labute approximate surface area is 164 Å². The highest BCUT2D eigenvalue weighted by molar-refractivity contribution is 5.89. The van der Waals surface area contributed by atoms with Gasteiger partial charge in [0.25, 0.3) is 0 Å². The summed E-state index contributed by atoms with van der Waals surface area (Å²) in [5.74, 6) is -0.0341. The van der Waals surface area contributed by atoms with E-state index in [1.807, 2.05) is 35.2 Å². The average Bonchev–Trinajstić information content (AvgIpc) is 2.72. The monoisotopic (exact) mass is 383 g/mol. The Morgan fingerprint density at radius 1 is 1.11 bits per heavy atom. The van der Waals surface area contributed by atoms with E-state index in [0.29, 0.717) is 25.4 Å². The Morgan fingerprint density at radius 3 is 2.71 bits per heavy atom. The molecule has 2 aromatic carbocycles. The highest BCUT2D eigenvalue weighted by Crippen LogP contribution is 2.22. The lowest BCUT2D eigenvalue weighted by atomic mass is 9.93. The fraction of sp³-hybridized carbons (Fsp3) is 0.364. The molecule has 6 heteroatoms. The van der Waals surface area contributed by atoms with Crippen molar-refractivity contribution >= 4 is 17.6 Å². The number of urea groups is 1. The number of nitrogens with one attached hydrogen (secondary N) is 2. The van der Waals surface area contributed by atoms with Gasteiger partial charge in [-0.2, -0.15) is 0 Å². The number of carbonyl (C=O) groups excluding carboxylic acids is 2. The Bertz CT molecular complexity index is 797. The molecular formula is C22H26FN3O2. The number of nitrogens with zero attached hydrogens (tertiary/aromatic N) is 1. The standard InChI is InChI=1S/C22H26FN3O2/c23-19-8-4-6-18(14-19)15-24-21(27)12-11-17-7-5-13-26(16-17)22(28)25-20-9-2-1-3-10-20/h1-4,6,8-10,14,17H,5,7,11-13,15-16H2,(H,24,27)(H,25,28)/t17-/m0/s1. The molecule has 1 aliphatic rings. The second-order valence-corrected chi connectivity index (χ2v) is 7.20. The number of likely N-dealkylation sites (tertiary alicyclic amines) is 1. The number of carbonyl (C=O) groups is 2. The van der Waals surface area contributed by atoms with E-state index in [1.165, 1.54) is 12.1 Å². The maximum absolute atomic E-state index is 13.2. The molecule has 0 unspecified atom stereocenters. The van der Waals surface area contributed by atoms with Crippen molar-refractivity contribution in [3.05, 3.63) is 66.0 Å². The zero-order valence-corrected chi connectivity index (χ0v) is 15.9. The summed E-state index contributed by atoms with van der Waals surface area (Å²) in [4.78, 5) is 26.4. The molecule has 0 bridgehead atoms. The summed E-state index contributed by atoms with van der Waals surface area (Å²) >= 11 is 0. The summed E-state index contributed by atoms with van der Waals surface area (Å²) in [6.45, 7) is 1.73. The van der Waals surface area contributed by atoms with Gasteiger partial charge in [-0.15, -0.1) is 0 Å². The molecule has 1 fully saturated rings. The van der Waals surface area contributed by atoms with E-state index in [1.54, 1.807) is 12.1 Å². The molecule has 0 saturated carbocycles. The van der Waals surface area contributed by atoms with Gasteiger partial charge in [0.15, 0.2) is 0 Å². The summed E-state index contributed by atoms with van der Waals surface area (Å²) in [5.41, 5.74) is 1.53. The van der Waals surface area contributed by atoms with Crippen LogP contribution in [0.4, 0.5) is 14.9 Å². The Morgan fingerprint density at radius 2 is 1.93 bits per heavy atom. The number of hydrogen-bond donors (Lipinski definition) is 2. The zero-order valence-electron chi connectivity index (χ0n) is 15.9. The van der Waals surface area contributed by atoms with E-state index in [9.17, 15) is 14.0 Å². The van der Waals surface area contributed by atoms with Crippen LogP contribution in [0.25, 0.3) is 0 Å². The lowest BCUT2D eigenvalue weighted by Crippen LogP contribution is -2.42. The highest BCUT2D eigenvalue weighted by atomic mass is 19.1. The van der Waals surface area contributed by atoms with Gasteiger partial charge in [0.1, 0.15) is 5.82 Å². The summed E-state index contributed by atoms with van der Waals surface area (Å²) in [6, 6.07) is 15.5. The molecule has 1 aliphatic heterocycles. The molecule has 0 aromatic heterocycles. The number of hydrogen-bond acceptors (Lipinski definition) is 2. The molecule has 3 rings (SSSR count). The van der Waals surface area contributed by atoms with Crippen LogP contribution in [-0.2, 0) is 11.3 Å². The van der Waals surface area contributed by atoms with Gasteiger partial charge in [0.2, 0.25) is 5.91 Å². The van der Waals surface area contributed by atoms with E-state index >= 15 is 0 Å². The molecule has 1 saturated heterocycles. The van der Waals surface area contributed by atoms with Crippen molar-refractivity contribution in [2.75, 3.05) is 18.4 Å². The first-order chi connectivity index (χ1) is 13.6. The van der Waals surface area contributed by atoms with E-state index < -0.39 is 0 Å².